The molecule has 0 spiro atoms. The molecular formula is C12H19N3O4S. The van der Waals surface area contributed by atoms with Crippen molar-refractivity contribution < 1.29 is 18.3 Å². The standard InChI is InChI=1S/C12H19N3O4S/c1-7-5-15(6-10(7)12(16)17)20(18,19)11-8(2)13-14(4)9(11)3/h7,10H,5-6H2,1-4H3,(H,16,17). The number of hydrogen-bond donors (Lipinski definition) is 1. The van der Waals surface area contributed by atoms with Crippen LogP contribution in [0.2, 0.25) is 0 Å². The minimum atomic E-state index is -3.69. The van der Waals surface area contributed by atoms with E-state index in [0.717, 1.165) is 0 Å². The molecule has 1 saturated heterocycles. The van der Waals surface area contributed by atoms with Crippen molar-refractivity contribution in [2.75, 3.05) is 13.1 Å². The van der Waals surface area contributed by atoms with Crippen LogP contribution < -0.4 is 0 Å². The van der Waals surface area contributed by atoms with Crippen LogP contribution in [0.15, 0.2) is 4.90 Å². The van der Waals surface area contributed by atoms with Gasteiger partial charge in [-0.3, -0.25) is 9.48 Å². The number of aryl methyl sites for hydroxylation is 2. The molecule has 112 valence electrons. The fourth-order valence-corrected chi connectivity index (χ4v) is 4.66. The molecule has 0 aromatic carbocycles. The van der Waals surface area contributed by atoms with Crippen molar-refractivity contribution in [2.45, 2.75) is 25.7 Å². The highest BCUT2D eigenvalue weighted by Crippen LogP contribution is 2.31. The Balaban J connectivity index is 2.40. The zero-order chi connectivity index (χ0) is 15.2. The normalized spacial score (nSPS) is 24.2. The van der Waals surface area contributed by atoms with E-state index < -0.39 is 21.9 Å². The number of carboxylic acid groups (broad SMARTS) is 1. The van der Waals surface area contributed by atoms with E-state index in [1.807, 2.05) is 0 Å². The van der Waals surface area contributed by atoms with Gasteiger partial charge in [0, 0.05) is 20.1 Å². The topological polar surface area (TPSA) is 92.5 Å². The van der Waals surface area contributed by atoms with Crippen LogP contribution in [0.25, 0.3) is 0 Å². The maximum absolute atomic E-state index is 12.7. The molecule has 0 aliphatic carbocycles. The first-order valence-corrected chi connectivity index (χ1v) is 7.83. The number of hydrogen-bond acceptors (Lipinski definition) is 4. The van der Waals surface area contributed by atoms with E-state index in [-0.39, 0.29) is 23.9 Å². The van der Waals surface area contributed by atoms with Gasteiger partial charge in [0.2, 0.25) is 10.0 Å². The molecule has 1 aromatic heterocycles. The number of sulfonamides is 1. The molecule has 0 saturated carbocycles. The summed E-state index contributed by atoms with van der Waals surface area (Å²) >= 11 is 0. The monoisotopic (exact) mass is 301 g/mol. The predicted molar refractivity (Wildman–Crippen MR) is 71.7 cm³/mol. The smallest absolute Gasteiger partial charge is 0.308 e. The van der Waals surface area contributed by atoms with Crippen LogP contribution in [-0.4, -0.2) is 46.7 Å². The van der Waals surface area contributed by atoms with Crippen molar-refractivity contribution in [3.05, 3.63) is 11.4 Å². The lowest BCUT2D eigenvalue weighted by Gasteiger charge is -2.16. The molecule has 1 aliphatic heterocycles. The summed E-state index contributed by atoms with van der Waals surface area (Å²) in [5, 5.41) is 13.2. The first kappa shape index (κ1) is 15.0. The van der Waals surface area contributed by atoms with Crippen LogP contribution in [0.4, 0.5) is 0 Å². The molecule has 2 rings (SSSR count). The van der Waals surface area contributed by atoms with Crippen molar-refractivity contribution in [1.82, 2.24) is 14.1 Å². The Morgan fingerprint density at radius 1 is 1.35 bits per heavy atom. The minimum absolute atomic E-state index is 0.0204. The molecule has 0 amide bonds. The zero-order valence-corrected chi connectivity index (χ0v) is 12.8. The van der Waals surface area contributed by atoms with Crippen LogP contribution in [0.1, 0.15) is 18.3 Å². The Morgan fingerprint density at radius 3 is 2.35 bits per heavy atom. The van der Waals surface area contributed by atoms with Gasteiger partial charge in [0.05, 0.1) is 17.3 Å². The van der Waals surface area contributed by atoms with Gasteiger partial charge < -0.3 is 5.11 Å². The Morgan fingerprint density at radius 2 is 1.95 bits per heavy atom. The number of nitrogens with zero attached hydrogens (tertiary/aromatic N) is 3. The van der Waals surface area contributed by atoms with Gasteiger partial charge in [-0.15, -0.1) is 0 Å². The van der Waals surface area contributed by atoms with Gasteiger partial charge in [0.1, 0.15) is 4.90 Å². The highest BCUT2D eigenvalue weighted by Gasteiger charge is 2.42. The summed E-state index contributed by atoms with van der Waals surface area (Å²) in [6.45, 7) is 5.35. The fourth-order valence-electron chi connectivity index (χ4n) is 2.70. The largest absolute Gasteiger partial charge is 0.481 e. The van der Waals surface area contributed by atoms with Gasteiger partial charge in [0.15, 0.2) is 0 Å². The van der Waals surface area contributed by atoms with Crippen LogP contribution in [0, 0.1) is 25.7 Å². The SMILES string of the molecule is Cc1nn(C)c(C)c1S(=O)(=O)N1CC(C)C(C(=O)O)C1. The molecule has 0 radical (unpaired) electrons. The summed E-state index contributed by atoms with van der Waals surface area (Å²) in [5.41, 5.74) is 1.00. The molecule has 8 heteroatoms. The van der Waals surface area contributed by atoms with Crippen LogP contribution in [-0.2, 0) is 21.9 Å². The molecule has 2 unspecified atom stereocenters. The quantitative estimate of drug-likeness (QED) is 0.871. The first-order valence-electron chi connectivity index (χ1n) is 6.39. The Hall–Kier alpha value is -1.41. The second kappa shape index (κ2) is 4.85. The van der Waals surface area contributed by atoms with E-state index in [4.69, 9.17) is 5.11 Å². The highest BCUT2D eigenvalue weighted by molar-refractivity contribution is 7.89. The minimum Gasteiger partial charge on any atom is -0.481 e. The van der Waals surface area contributed by atoms with Crippen molar-refractivity contribution in [2.24, 2.45) is 18.9 Å². The molecule has 1 aliphatic rings. The number of carbonyl (C=O) groups is 1. The maximum atomic E-state index is 12.7. The van der Waals surface area contributed by atoms with Gasteiger partial charge >= 0.3 is 5.97 Å². The third-order valence-electron chi connectivity index (χ3n) is 3.94. The average molecular weight is 301 g/mol. The average Bonchev–Trinajstić information content (AvgIpc) is 2.81. The first-order chi connectivity index (χ1) is 9.16. The number of carboxylic acids is 1. The van der Waals surface area contributed by atoms with E-state index in [0.29, 0.717) is 11.4 Å². The van der Waals surface area contributed by atoms with Gasteiger partial charge in [-0.1, -0.05) is 6.92 Å². The summed E-state index contributed by atoms with van der Waals surface area (Å²) in [4.78, 5) is 11.3. The molecule has 1 N–H and O–H groups in total. The lowest BCUT2D eigenvalue weighted by Crippen LogP contribution is -2.30. The molecular weight excluding hydrogens is 282 g/mol. The number of aromatic nitrogens is 2. The molecule has 1 aromatic rings. The fraction of sp³-hybridized carbons (Fsp3) is 0.667. The number of aliphatic carboxylic acids is 1. The third kappa shape index (κ3) is 2.22. The van der Waals surface area contributed by atoms with E-state index in [1.165, 1.54) is 8.99 Å². The Labute approximate surface area is 118 Å². The lowest BCUT2D eigenvalue weighted by atomic mass is 9.99. The number of rotatable bonds is 3. The molecule has 20 heavy (non-hydrogen) atoms. The van der Waals surface area contributed by atoms with Crippen molar-refractivity contribution >= 4 is 16.0 Å². The predicted octanol–water partition coefficient (Wildman–Crippen LogP) is 0.378. The van der Waals surface area contributed by atoms with Crippen molar-refractivity contribution in [1.29, 1.82) is 0 Å². The lowest BCUT2D eigenvalue weighted by molar-refractivity contribution is -0.142. The summed E-state index contributed by atoms with van der Waals surface area (Å²) in [7, 11) is -2.00. The van der Waals surface area contributed by atoms with Crippen molar-refractivity contribution in [3.63, 3.8) is 0 Å². The second-order valence-corrected chi connectivity index (χ2v) is 7.24. The third-order valence-corrected chi connectivity index (χ3v) is 6.02. The van der Waals surface area contributed by atoms with Gasteiger partial charge in [-0.25, -0.2) is 8.42 Å². The van der Waals surface area contributed by atoms with Gasteiger partial charge in [-0.2, -0.15) is 9.40 Å². The van der Waals surface area contributed by atoms with Crippen molar-refractivity contribution in [3.8, 4) is 0 Å². The molecule has 2 atom stereocenters. The van der Waals surface area contributed by atoms with E-state index >= 15 is 0 Å². The van der Waals surface area contributed by atoms with Crippen LogP contribution in [0.5, 0.6) is 0 Å². The summed E-state index contributed by atoms with van der Waals surface area (Å²) in [6, 6.07) is 0. The second-order valence-electron chi connectivity index (χ2n) is 5.37. The van der Waals surface area contributed by atoms with E-state index in [1.54, 1.807) is 27.8 Å². The van der Waals surface area contributed by atoms with Crippen LogP contribution in [0.3, 0.4) is 0 Å². The summed E-state index contributed by atoms with van der Waals surface area (Å²) in [6.07, 6.45) is 0. The highest BCUT2D eigenvalue weighted by atomic mass is 32.2. The molecule has 1 fully saturated rings. The maximum Gasteiger partial charge on any atom is 0.308 e. The molecule has 7 nitrogen and oxygen atoms in total. The Bertz CT molecular complexity index is 650. The molecule has 2 heterocycles. The van der Waals surface area contributed by atoms with Gasteiger partial charge in [-0.05, 0) is 19.8 Å². The van der Waals surface area contributed by atoms with E-state index in [9.17, 15) is 13.2 Å². The van der Waals surface area contributed by atoms with E-state index in [2.05, 4.69) is 5.10 Å². The Kier molecular flexibility index (Phi) is 3.64. The van der Waals surface area contributed by atoms with Gasteiger partial charge in [0.25, 0.3) is 0 Å². The zero-order valence-electron chi connectivity index (χ0n) is 12.0. The summed E-state index contributed by atoms with van der Waals surface area (Å²) in [5.74, 6) is -1.79. The van der Waals surface area contributed by atoms with Crippen LogP contribution >= 0.6 is 0 Å². The summed E-state index contributed by atoms with van der Waals surface area (Å²) < 4.78 is 28.1. The molecule has 0 bridgehead atoms.